The van der Waals surface area contributed by atoms with Gasteiger partial charge in [-0.1, -0.05) is 11.2 Å². The first-order chi connectivity index (χ1) is 12.7. The number of carbonyl (C=O) groups is 1. The number of ether oxygens (including phenoxy) is 3. The molecule has 0 aliphatic carbocycles. The first kappa shape index (κ1) is 17.7. The van der Waals surface area contributed by atoms with Crippen LogP contribution in [0.4, 0.5) is 0 Å². The van der Waals surface area contributed by atoms with Crippen molar-refractivity contribution in [1.29, 1.82) is 0 Å². The maximum Gasteiger partial charge on any atom is 0.330 e. The zero-order chi connectivity index (χ0) is 18.4. The number of esters is 1. The molecule has 3 rings (SSSR count). The van der Waals surface area contributed by atoms with E-state index in [0.717, 1.165) is 11.1 Å². The van der Waals surface area contributed by atoms with Crippen molar-refractivity contribution < 1.29 is 23.5 Å². The molecule has 0 aliphatic rings. The van der Waals surface area contributed by atoms with Crippen molar-refractivity contribution in [1.82, 2.24) is 10.1 Å². The van der Waals surface area contributed by atoms with Crippen LogP contribution in [0.3, 0.4) is 0 Å². The van der Waals surface area contributed by atoms with Gasteiger partial charge in [0.15, 0.2) is 18.1 Å². The van der Waals surface area contributed by atoms with Gasteiger partial charge in [0.05, 0.1) is 19.8 Å². The smallest absolute Gasteiger partial charge is 0.330 e. The summed E-state index contributed by atoms with van der Waals surface area (Å²) in [7, 11) is 2.87. The molecule has 0 fully saturated rings. The normalized spacial score (nSPS) is 10.8. The molecular weight excluding hydrogens is 356 g/mol. The Morgan fingerprint density at radius 2 is 2.15 bits per heavy atom. The van der Waals surface area contributed by atoms with E-state index in [-0.39, 0.29) is 6.61 Å². The summed E-state index contributed by atoms with van der Waals surface area (Å²) in [6.07, 6.45) is 2.96. The van der Waals surface area contributed by atoms with E-state index in [1.807, 2.05) is 16.8 Å². The zero-order valence-electron chi connectivity index (χ0n) is 14.2. The molecule has 3 aromatic rings. The highest BCUT2D eigenvalue weighted by molar-refractivity contribution is 7.08. The minimum Gasteiger partial charge on any atom is -0.493 e. The molecule has 0 amide bonds. The summed E-state index contributed by atoms with van der Waals surface area (Å²) < 4.78 is 20.8. The van der Waals surface area contributed by atoms with Crippen LogP contribution in [0.2, 0.25) is 0 Å². The molecule has 0 saturated carbocycles. The highest BCUT2D eigenvalue weighted by atomic mass is 32.1. The third-order valence-electron chi connectivity index (χ3n) is 3.39. The fraction of sp³-hybridized carbons (Fsp3) is 0.167. The third kappa shape index (κ3) is 4.28. The van der Waals surface area contributed by atoms with E-state index in [2.05, 4.69) is 14.9 Å². The van der Waals surface area contributed by atoms with Gasteiger partial charge >= 0.3 is 5.97 Å². The summed E-state index contributed by atoms with van der Waals surface area (Å²) in [6, 6.07) is 7.20. The minimum absolute atomic E-state index is 0.140. The molecule has 0 unspecified atom stereocenters. The topological polar surface area (TPSA) is 83.7 Å². The number of benzene rings is 1. The molecule has 0 spiro atoms. The second-order valence-electron chi connectivity index (χ2n) is 5.08. The van der Waals surface area contributed by atoms with E-state index in [0.29, 0.717) is 23.2 Å². The molecule has 7 nitrogen and oxygen atoms in total. The van der Waals surface area contributed by atoms with Crippen molar-refractivity contribution in [3.05, 3.63) is 52.5 Å². The summed E-state index contributed by atoms with van der Waals surface area (Å²) in [5.41, 5.74) is 1.66. The number of aromatic nitrogens is 2. The Balaban J connectivity index is 1.68. The SMILES string of the molecule is COC(=O)/C=C/c1ccc(OCc2noc(-c3ccsc3)n2)c(OC)c1. The standard InChI is InChI=1S/C18H16N2O5S/c1-22-15-9-12(4-6-17(21)23-2)3-5-14(15)24-10-16-19-18(25-20-16)13-7-8-26-11-13/h3-9,11H,10H2,1-2H3/b6-4+. The molecule has 2 aromatic heterocycles. The van der Waals surface area contributed by atoms with Gasteiger partial charge in [-0.05, 0) is 35.2 Å². The predicted molar refractivity (Wildman–Crippen MR) is 96.0 cm³/mol. The fourth-order valence-corrected chi connectivity index (χ4v) is 2.73. The third-order valence-corrected chi connectivity index (χ3v) is 4.08. The van der Waals surface area contributed by atoms with Crippen molar-refractivity contribution in [2.45, 2.75) is 6.61 Å². The van der Waals surface area contributed by atoms with Crippen LogP contribution in [0, 0.1) is 0 Å². The molecule has 0 aliphatic heterocycles. The summed E-state index contributed by atoms with van der Waals surface area (Å²) in [5.74, 6) is 1.52. The van der Waals surface area contributed by atoms with Crippen LogP contribution in [-0.2, 0) is 16.1 Å². The maximum absolute atomic E-state index is 11.2. The van der Waals surface area contributed by atoms with Gasteiger partial charge in [-0.2, -0.15) is 16.3 Å². The van der Waals surface area contributed by atoms with E-state index in [9.17, 15) is 4.79 Å². The van der Waals surface area contributed by atoms with E-state index in [1.165, 1.54) is 13.2 Å². The largest absolute Gasteiger partial charge is 0.493 e. The lowest BCUT2D eigenvalue weighted by atomic mass is 10.2. The number of hydrogen-bond donors (Lipinski definition) is 0. The molecule has 2 heterocycles. The van der Waals surface area contributed by atoms with Crippen LogP contribution in [0.1, 0.15) is 11.4 Å². The molecule has 8 heteroatoms. The fourth-order valence-electron chi connectivity index (χ4n) is 2.10. The zero-order valence-corrected chi connectivity index (χ0v) is 15.0. The summed E-state index contributed by atoms with van der Waals surface area (Å²) in [4.78, 5) is 15.5. The molecule has 26 heavy (non-hydrogen) atoms. The predicted octanol–water partition coefficient (Wildman–Crippen LogP) is 3.57. The van der Waals surface area contributed by atoms with Gasteiger partial charge in [0.1, 0.15) is 0 Å². The first-order valence-electron chi connectivity index (χ1n) is 7.61. The lowest BCUT2D eigenvalue weighted by Gasteiger charge is -2.09. The van der Waals surface area contributed by atoms with Gasteiger partial charge in [0.2, 0.25) is 5.82 Å². The van der Waals surface area contributed by atoms with Crippen molar-refractivity contribution in [2.24, 2.45) is 0 Å². The second kappa shape index (κ2) is 8.30. The summed E-state index contributed by atoms with van der Waals surface area (Å²) in [6.45, 7) is 0.140. The highest BCUT2D eigenvalue weighted by Gasteiger charge is 2.11. The minimum atomic E-state index is -0.428. The summed E-state index contributed by atoms with van der Waals surface area (Å²) >= 11 is 1.56. The molecule has 0 radical (unpaired) electrons. The molecule has 134 valence electrons. The van der Waals surface area contributed by atoms with Crippen LogP contribution in [0.5, 0.6) is 11.5 Å². The first-order valence-corrected chi connectivity index (χ1v) is 8.56. The van der Waals surface area contributed by atoms with Gasteiger partial charge in [-0.25, -0.2) is 4.79 Å². The summed E-state index contributed by atoms with van der Waals surface area (Å²) in [5, 5.41) is 7.78. The Morgan fingerprint density at radius 1 is 1.27 bits per heavy atom. The lowest BCUT2D eigenvalue weighted by molar-refractivity contribution is -0.134. The molecule has 0 atom stereocenters. The number of thiophene rings is 1. The van der Waals surface area contributed by atoms with Gasteiger partial charge in [-0.15, -0.1) is 0 Å². The van der Waals surface area contributed by atoms with Gasteiger partial charge < -0.3 is 18.7 Å². The molecule has 1 aromatic carbocycles. The Morgan fingerprint density at radius 3 is 2.88 bits per heavy atom. The van der Waals surface area contributed by atoms with Crippen LogP contribution in [0.25, 0.3) is 17.5 Å². The van der Waals surface area contributed by atoms with Gasteiger partial charge in [0.25, 0.3) is 5.89 Å². The maximum atomic E-state index is 11.2. The average molecular weight is 372 g/mol. The monoisotopic (exact) mass is 372 g/mol. The number of carbonyl (C=O) groups excluding carboxylic acids is 1. The van der Waals surface area contributed by atoms with Gasteiger partial charge in [0, 0.05) is 11.5 Å². The molecular formula is C18H16N2O5S. The Bertz CT molecular complexity index is 902. The second-order valence-corrected chi connectivity index (χ2v) is 5.86. The van der Waals surface area contributed by atoms with Crippen molar-refractivity contribution in [3.8, 4) is 23.0 Å². The van der Waals surface area contributed by atoms with Crippen molar-refractivity contribution >= 4 is 23.4 Å². The Kier molecular flexibility index (Phi) is 5.65. The Labute approximate surface area is 153 Å². The van der Waals surface area contributed by atoms with E-state index in [1.54, 1.807) is 42.7 Å². The number of methoxy groups -OCH3 is 2. The quantitative estimate of drug-likeness (QED) is 0.463. The number of rotatable bonds is 7. The lowest BCUT2D eigenvalue weighted by Crippen LogP contribution is -1.99. The average Bonchev–Trinajstić information content (AvgIpc) is 3.36. The van der Waals surface area contributed by atoms with E-state index >= 15 is 0 Å². The van der Waals surface area contributed by atoms with Crippen LogP contribution >= 0.6 is 11.3 Å². The van der Waals surface area contributed by atoms with Crippen LogP contribution in [0.15, 0.2) is 45.6 Å². The molecule has 0 N–H and O–H groups in total. The van der Waals surface area contributed by atoms with Crippen LogP contribution in [-0.4, -0.2) is 30.3 Å². The number of hydrogen-bond acceptors (Lipinski definition) is 8. The van der Waals surface area contributed by atoms with E-state index < -0.39 is 5.97 Å². The highest BCUT2D eigenvalue weighted by Crippen LogP contribution is 2.29. The molecule has 0 saturated heterocycles. The van der Waals surface area contributed by atoms with Gasteiger partial charge in [-0.3, -0.25) is 0 Å². The van der Waals surface area contributed by atoms with Crippen molar-refractivity contribution in [3.63, 3.8) is 0 Å². The molecule has 0 bridgehead atoms. The van der Waals surface area contributed by atoms with Crippen LogP contribution < -0.4 is 9.47 Å². The van der Waals surface area contributed by atoms with Crippen molar-refractivity contribution in [2.75, 3.05) is 14.2 Å². The van der Waals surface area contributed by atoms with E-state index in [4.69, 9.17) is 14.0 Å². The Hall–Kier alpha value is -3.13. The number of nitrogens with zero attached hydrogens (tertiary/aromatic N) is 2.